The fourth-order valence-electron chi connectivity index (χ4n) is 2.87. The molecule has 0 aromatic heterocycles. The standard InChI is InChI=1S/C20H30N6O2/c21-9-11-25(12-10-22)19-5-1-17(2-6-19)23-24-18-3-7-20(8-4-18)26(13-15-27)14-16-28/h1-8,27-28H,9-16,21-22H2. The first-order chi connectivity index (χ1) is 13.7. The average Bonchev–Trinajstić information content (AvgIpc) is 2.73. The number of benzene rings is 2. The van der Waals surface area contributed by atoms with Gasteiger partial charge in [-0.3, -0.25) is 0 Å². The van der Waals surface area contributed by atoms with E-state index in [1.165, 1.54) is 0 Å². The number of aliphatic hydroxyl groups excluding tert-OH is 2. The largest absolute Gasteiger partial charge is 0.395 e. The number of azo groups is 1. The molecule has 0 unspecified atom stereocenters. The minimum atomic E-state index is 0.0332. The summed E-state index contributed by atoms with van der Waals surface area (Å²) >= 11 is 0. The SMILES string of the molecule is NCCN(CCN)c1ccc(N=Nc2ccc(N(CCO)CCO)cc2)cc1. The highest BCUT2D eigenvalue weighted by molar-refractivity contribution is 5.54. The Balaban J connectivity index is 2.02. The molecule has 152 valence electrons. The van der Waals surface area contributed by atoms with Crippen molar-refractivity contribution in [3.05, 3.63) is 48.5 Å². The lowest BCUT2D eigenvalue weighted by Gasteiger charge is -2.23. The summed E-state index contributed by atoms with van der Waals surface area (Å²) < 4.78 is 0. The molecule has 0 bridgehead atoms. The van der Waals surface area contributed by atoms with E-state index in [-0.39, 0.29) is 13.2 Å². The van der Waals surface area contributed by atoms with Gasteiger partial charge in [0, 0.05) is 50.6 Å². The monoisotopic (exact) mass is 386 g/mol. The molecule has 0 atom stereocenters. The van der Waals surface area contributed by atoms with Crippen LogP contribution in [-0.2, 0) is 0 Å². The Hall–Kier alpha value is -2.52. The van der Waals surface area contributed by atoms with Gasteiger partial charge in [-0.25, -0.2) is 0 Å². The van der Waals surface area contributed by atoms with Crippen molar-refractivity contribution in [2.45, 2.75) is 0 Å². The van der Waals surface area contributed by atoms with E-state index in [1.807, 2.05) is 53.4 Å². The first-order valence-electron chi connectivity index (χ1n) is 9.45. The van der Waals surface area contributed by atoms with Gasteiger partial charge in [0.15, 0.2) is 0 Å². The molecule has 8 nitrogen and oxygen atoms in total. The van der Waals surface area contributed by atoms with Crippen LogP contribution in [0.4, 0.5) is 22.7 Å². The maximum atomic E-state index is 9.13. The second-order valence-corrected chi connectivity index (χ2v) is 6.23. The smallest absolute Gasteiger partial charge is 0.0858 e. The Morgan fingerprint density at radius 1 is 0.607 bits per heavy atom. The van der Waals surface area contributed by atoms with E-state index in [0.717, 1.165) is 35.8 Å². The molecule has 0 radical (unpaired) electrons. The highest BCUT2D eigenvalue weighted by Crippen LogP contribution is 2.24. The number of anilines is 2. The van der Waals surface area contributed by atoms with E-state index < -0.39 is 0 Å². The summed E-state index contributed by atoms with van der Waals surface area (Å²) in [5.41, 5.74) is 14.8. The molecule has 0 spiro atoms. The van der Waals surface area contributed by atoms with E-state index in [2.05, 4.69) is 15.1 Å². The van der Waals surface area contributed by atoms with Gasteiger partial charge in [-0.05, 0) is 48.5 Å². The number of nitrogens with zero attached hydrogens (tertiary/aromatic N) is 4. The lowest BCUT2D eigenvalue weighted by atomic mass is 10.2. The lowest BCUT2D eigenvalue weighted by Crippen LogP contribution is -2.33. The van der Waals surface area contributed by atoms with Crippen LogP contribution in [0, 0.1) is 0 Å². The van der Waals surface area contributed by atoms with Crippen LogP contribution in [0.5, 0.6) is 0 Å². The fraction of sp³-hybridized carbons (Fsp3) is 0.400. The Labute approximate surface area is 166 Å². The molecule has 0 saturated heterocycles. The van der Waals surface area contributed by atoms with Crippen LogP contribution in [0.25, 0.3) is 0 Å². The number of aliphatic hydroxyl groups is 2. The van der Waals surface area contributed by atoms with E-state index >= 15 is 0 Å². The molecular weight excluding hydrogens is 356 g/mol. The van der Waals surface area contributed by atoms with Crippen LogP contribution < -0.4 is 21.3 Å². The summed E-state index contributed by atoms with van der Waals surface area (Å²) in [4.78, 5) is 4.05. The molecule has 0 aliphatic carbocycles. The molecule has 0 aliphatic heterocycles. The number of hydrogen-bond donors (Lipinski definition) is 4. The van der Waals surface area contributed by atoms with Crippen LogP contribution in [-0.4, -0.2) is 62.7 Å². The van der Waals surface area contributed by atoms with E-state index in [1.54, 1.807) is 0 Å². The van der Waals surface area contributed by atoms with Gasteiger partial charge in [0.1, 0.15) is 0 Å². The number of hydrogen-bond acceptors (Lipinski definition) is 8. The summed E-state index contributed by atoms with van der Waals surface area (Å²) in [5.74, 6) is 0. The Morgan fingerprint density at radius 3 is 1.29 bits per heavy atom. The topological polar surface area (TPSA) is 124 Å². The third-order valence-corrected chi connectivity index (χ3v) is 4.25. The maximum Gasteiger partial charge on any atom is 0.0858 e. The van der Waals surface area contributed by atoms with Crippen LogP contribution in [0.15, 0.2) is 58.8 Å². The zero-order valence-electron chi connectivity index (χ0n) is 16.1. The Bertz CT molecular complexity index is 632. The minimum absolute atomic E-state index is 0.0332. The minimum Gasteiger partial charge on any atom is -0.395 e. The first kappa shape index (κ1) is 21.8. The van der Waals surface area contributed by atoms with Crippen molar-refractivity contribution in [2.24, 2.45) is 21.7 Å². The second kappa shape index (κ2) is 12.0. The molecule has 0 fully saturated rings. The van der Waals surface area contributed by atoms with E-state index in [9.17, 15) is 0 Å². The summed E-state index contributed by atoms with van der Waals surface area (Å²) in [6.45, 7) is 3.67. The third-order valence-electron chi connectivity index (χ3n) is 4.25. The summed E-state index contributed by atoms with van der Waals surface area (Å²) in [6, 6.07) is 15.3. The number of nitrogens with two attached hydrogens (primary N) is 2. The molecular formula is C20H30N6O2. The van der Waals surface area contributed by atoms with Crippen molar-refractivity contribution in [1.82, 2.24) is 0 Å². The van der Waals surface area contributed by atoms with Gasteiger partial charge >= 0.3 is 0 Å². The van der Waals surface area contributed by atoms with Crippen molar-refractivity contribution in [2.75, 3.05) is 62.3 Å². The van der Waals surface area contributed by atoms with Crippen molar-refractivity contribution >= 4 is 22.7 Å². The van der Waals surface area contributed by atoms with Crippen LogP contribution in [0.3, 0.4) is 0 Å². The van der Waals surface area contributed by atoms with E-state index in [4.69, 9.17) is 21.7 Å². The predicted octanol–water partition coefficient (Wildman–Crippen LogP) is 1.62. The first-order valence-corrected chi connectivity index (χ1v) is 9.45. The molecule has 2 aromatic rings. The van der Waals surface area contributed by atoms with Gasteiger partial charge in [-0.2, -0.15) is 10.2 Å². The van der Waals surface area contributed by atoms with Crippen molar-refractivity contribution in [3.8, 4) is 0 Å². The van der Waals surface area contributed by atoms with E-state index in [0.29, 0.717) is 26.2 Å². The third kappa shape index (κ3) is 6.58. The summed E-state index contributed by atoms with van der Waals surface area (Å²) in [7, 11) is 0. The molecule has 2 rings (SSSR count). The van der Waals surface area contributed by atoms with Gasteiger partial charge in [0.05, 0.1) is 24.6 Å². The van der Waals surface area contributed by atoms with Crippen molar-refractivity contribution in [3.63, 3.8) is 0 Å². The maximum absolute atomic E-state index is 9.13. The molecule has 8 heteroatoms. The average molecular weight is 387 g/mol. The lowest BCUT2D eigenvalue weighted by molar-refractivity contribution is 0.281. The molecule has 0 saturated carbocycles. The molecule has 6 N–H and O–H groups in total. The zero-order valence-corrected chi connectivity index (χ0v) is 16.1. The summed E-state index contributed by atoms with van der Waals surface area (Å²) in [6.07, 6.45) is 0. The fourth-order valence-corrected chi connectivity index (χ4v) is 2.87. The molecule has 0 heterocycles. The normalized spacial score (nSPS) is 11.1. The van der Waals surface area contributed by atoms with Crippen molar-refractivity contribution in [1.29, 1.82) is 0 Å². The Morgan fingerprint density at radius 2 is 0.964 bits per heavy atom. The Kier molecular flexibility index (Phi) is 9.36. The molecule has 0 amide bonds. The zero-order chi connectivity index (χ0) is 20.2. The van der Waals surface area contributed by atoms with Gasteiger partial charge in [0.2, 0.25) is 0 Å². The predicted molar refractivity (Wildman–Crippen MR) is 114 cm³/mol. The molecule has 2 aromatic carbocycles. The summed E-state index contributed by atoms with van der Waals surface area (Å²) in [5, 5.41) is 26.8. The highest BCUT2D eigenvalue weighted by atomic mass is 16.3. The van der Waals surface area contributed by atoms with Crippen LogP contribution in [0.2, 0.25) is 0 Å². The molecule has 28 heavy (non-hydrogen) atoms. The quantitative estimate of drug-likeness (QED) is 0.411. The molecule has 0 aliphatic rings. The van der Waals surface area contributed by atoms with Gasteiger partial charge in [-0.1, -0.05) is 0 Å². The van der Waals surface area contributed by atoms with Crippen molar-refractivity contribution < 1.29 is 10.2 Å². The second-order valence-electron chi connectivity index (χ2n) is 6.23. The van der Waals surface area contributed by atoms with Gasteiger partial charge in [0.25, 0.3) is 0 Å². The van der Waals surface area contributed by atoms with Crippen LogP contribution in [0.1, 0.15) is 0 Å². The highest BCUT2D eigenvalue weighted by Gasteiger charge is 2.06. The number of rotatable bonds is 12. The van der Waals surface area contributed by atoms with Gasteiger partial charge in [-0.15, -0.1) is 0 Å². The van der Waals surface area contributed by atoms with Gasteiger partial charge < -0.3 is 31.5 Å². The van der Waals surface area contributed by atoms with Crippen LogP contribution >= 0.6 is 0 Å².